The number of thiophene rings is 1. The number of non-ortho nitro benzene ring substituents is 1. The molecule has 0 spiro atoms. The third-order valence-corrected chi connectivity index (χ3v) is 6.67. The van der Waals surface area contributed by atoms with Crippen LogP contribution in [0.15, 0.2) is 29.3 Å². The lowest BCUT2D eigenvalue weighted by molar-refractivity contribution is -0.384. The summed E-state index contributed by atoms with van der Waals surface area (Å²) in [5.74, 6) is -0.220. The highest BCUT2D eigenvalue weighted by atomic mass is 32.1. The predicted molar refractivity (Wildman–Crippen MR) is 105 cm³/mol. The van der Waals surface area contributed by atoms with Gasteiger partial charge in [0.15, 0.2) is 0 Å². The molecule has 0 saturated heterocycles. The fourth-order valence-corrected chi connectivity index (χ4v) is 5.34. The predicted octanol–water partition coefficient (Wildman–Crippen LogP) is 2.44. The van der Waals surface area contributed by atoms with Crippen molar-refractivity contribution in [2.75, 3.05) is 11.4 Å². The number of amides is 1. The maximum atomic E-state index is 12.9. The fraction of sp³-hybridized carbons (Fsp3) is 0.316. The standard InChI is InChI=1S/C19H16N4O4S/c24-16(22-7-6-11-8-12(23(26)27)4-5-14(11)22)9-21-10-20-18-17(19(21)25)13-2-1-3-15(13)28-18/h4-5,8,10H,1-3,6-7,9H2. The molecule has 0 radical (unpaired) electrons. The van der Waals surface area contributed by atoms with Gasteiger partial charge >= 0.3 is 0 Å². The van der Waals surface area contributed by atoms with Crippen molar-refractivity contribution in [3.05, 3.63) is 61.0 Å². The Bertz CT molecular complexity index is 1210. The molecule has 0 unspecified atom stereocenters. The van der Waals surface area contributed by atoms with Crippen molar-refractivity contribution in [1.82, 2.24) is 9.55 Å². The molecular formula is C19H16N4O4S. The number of hydrogen-bond donors (Lipinski definition) is 0. The van der Waals surface area contributed by atoms with E-state index in [0.29, 0.717) is 24.0 Å². The van der Waals surface area contributed by atoms with Crippen molar-refractivity contribution >= 4 is 38.8 Å². The molecule has 9 heteroatoms. The Morgan fingerprint density at radius 3 is 2.96 bits per heavy atom. The monoisotopic (exact) mass is 396 g/mol. The Labute approximate surface area is 163 Å². The Balaban J connectivity index is 1.45. The molecule has 3 heterocycles. The molecule has 1 amide bonds. The molecule has 0 fully saturated rings. The van der Waals surface area contributed by atoms with Crippen LogP contribution in [-0.2, 0) is 30.6 Å². The first-order chi connectivity index (χ1) is 13.5. The van der Waals surface area contributed by atoms with Gasteiger partial charge in [-0.05, 0) is 42.9 Å². The summed E-state index contributed by atoms with van der Waals surface area (Å²) in [5.41, 5.74) is 2.40. The van der Waals surface area contributed by atoms with E-state index in [-0.39, 0.29) is 23.7 Å². The first-order valence-corrected chi connectivity index (χ1v) is 9.92. The molecular weight excluding hydrogens is 380 g/mol. The van der Waals surface area contributed by atoms with Crippen molar-refractivity contribution in [3.8, 4) is 0 Å². The van der Waals surface area contributed by atoms with E-state index < -0.39 is 4.92 Å². The number of anilines is 1. The topological polar surface area (TPSA) is 98.3 Å². The summed E-state index contributed by atoms with van der Waals surface area (Å²) in [4.78, 5) is 44.3. The van der Waals surface area contributed by atoms with Crippen LogP contribution in [0, 0.1) is 10.1 Å². The minimum atomic E-state index is -0.440. The van der Waals surface area contributed by atoms with E-state index in [1.54, 1.807) is 22.3 Å². The zero-order valence-electron chi connectivity index (χ0n) is 14.9. The van der Waals surface area contributed by atoms with Gasteiger partial charge in [0, 0.05) is 29.2 Å². The lowest BCUT2D eigenvalue weighted by atomic mass is 10.1. The van der Waals surface area contributed by atoms with Gasteiger partial charge in [-0.2, -0.15) is 0 Å². The van der Waals surface area contributed by atoms with Crippen LogP contribution in [0.5, 0.6) is 0 Å². The van der Waals surface area contributed by atoms with Crippen LogP contribution < -0.4 is 10.5 Å². The second kappa shape index (κ2) is 6.23. The summed E-state index contributed by atoms with van der Waals surface area (Å²) in [6.45, 7) is 0.358. The third kappa shape index (κ3) is 2.54. The van der Waals surface area contributed by atoms with Gasteiger partial charge in [-0.15, -0.1) is 11.3 Å². The van der Waals surface area contributed by atoms with E-state index in [1.807, 2.05) is 0 Å². The molecule has 1 aliphatic heterocycles. The van der Waals surface area contributed by atoms with Crippen LogP contribution in [0.4, 0.5) is 11.4 Å². The second-order valence-electron chi connectivity index (χ2n) is 7.08. The first-order valence-electron chi connectivity index (χ1n) is 9.10. The maximum Gasteiger partial charge on any atom is 0.269 e. The highest BCUT2D eigenvalue weighted by Crippen LogP contribution is 2.34. The number of aryl methyl sites for hydroxylation is 2. The van der Waals surface area contributed by atoms with Crippen LogP contribution in [0.3, 0.4) is 0 Å². The molecule has 1 aromatic carbocycles. The number of carbonyl (C=O) groups excluding carboxylic acids is 1. The summed E-state index contributed by atoms with van der Waals surface area (Å²) >= 11 is 1.57. The number of benzene rings is 1. The molecule has 0 atom stereocenters. The minimum absolute atomic E-state index is 0.0187. The molecule has 3 aromatic rings. The van der Waals surface area contributed by atoms with Gasteiger partial charge < -0.3 is 4.90 Å². The molecule has 5 rings (SSSR count). The summed E-state index contributed by atoms with van der Waals surface area (Å²) in [6, 6.07) is 4.52. The Morgan fingerprint density at radius 1 is 1.29 bits per heavy atom. The molecule has 2 aromatic heterocycles. The van der Waals surface area contributed by atoms with Crippen molar-refractivity contribution in [2.24, 2.45) is 0 Å². The van der Waals surface area contributed by atoms with Crippen molar-refractivity contribution in [1.29, 1.82) is 0 Å². The molecule has 8 nitrogen and oxygen atoms in total. The number of nitro benzene ring substituents is 1. The van der Waals surface area contributed by atoms with Gasteiger partial charge in [0.2, 0.25) is 5.91 Å². The molecule has 28 heavy (non-hydrogen) atoms. The summed E-state index contributed by atoms with van der Waals surface area (Å²) in [5, 5.41) is 11.6. The number of hydrogen-bond acceptors (Lipinski definition) is 6. The summed E-state index contributed by atoms with van der Waals surface area (Å²) < 4.78 is 1.37. The molecule has 0 bridgehead atoms. The van der Waals surface area contributed by atoms with E-state index in [0.717, 1.165) is 35.2 Å². The highest BCUT2D eigenvalue weighted by Gasteiger charge is 2.27. The van der Waals surface area contributed by atoms with Crippen molar-refractivity contribution < 1.29 is 9.72 Å². The molecule has 0 N–H and O–H groups in total. The normalized spacial score (nSPS) is 15.1. The fourth-order valence-electron chi connectivity index (χ4n) is 4.12. The van der Waals surface area contributed by atoms with Gasteiger partial charge in [0.1, 0.15) is 11.4 Å². The summed E-state index contributed by atoms with van der Waals surface area (Å²) in [7, 11) is 0. The highest BCUT2D eigenvalue weighted by molar-refractivity contribution is 7.18. The third-order valence-electron chi connectivity index (χ3n) is 5.47. The Morgan fingerprint density at radius 2 is 2.14 bits per heavy atom. The van der Waals surface area contributed by atoms with E-state index in [2.05, 4.69) is 4.98 Å². The smallest absolute Gasteiger partial charge is 0.269 e. The number of nitro groups is 1. The van der Waals surface area contributed by atoms with E-state index in [1.165, 1.54) is 27.9 Å². The lowest BCUT2D eigenvalue weighted by Gasteiger charge is -2.17. The van der Waals surface area contributed by atoms with Crippen molar-refractivity contribution in [2.45, 2.75) is 32.2 Å². The van der Waals surface area contributed by atoms with Gasteiger partial charge in [0.25, 0.3) is 11.2 Å². The maximum absolute atomic E-state index is 12.9. The first kappa shape index (κ1) is 17.1. The molecule has 2 aliphatic rings. The summed E-state index contributed by atoms with van der Waals surface area (Å²) in [6.07, 6.45) is 4.95. The Kier molecular flexibility index (Phi) is 3.80. The van der Waals surface area contributed by atoms with E-state index in [9.17, 15) is 19.7 Å². The van der Waals surface area contributed by atoms with Gasteiger partial charge in [0.05, 0.1) is 16.6 Å². The minimum Gasteiger partial charge on any atom is -0.310 e. The average molecular weight is 396 g/mol. The van der Waals surface area contributed by atoms with Gasteiger partial charge in [-0.3, -0.25) is 24.3 Å². The zero-order chi connectivity index (χ0) is 19.4. The number of fused-ring (bicyclic) bond motifs is 4. The quantitative estimate of drug-likeness (QED) is 0.500. The average Bonchev–Trinajstić information content (AvgIpc) is 3.36. The van der Waals surface area contributed by atoms with Gasteiger partial charge in [-0.1, -0.05) is 0 Å². The number of carbonyl (C=O) groups is 1. The van der Waals surface area contributed by atoms with Crippen LogP contribution in [0.1, 0.15) is 22.4 Å². The number of rotatable bonds is 3. The van der Waals surface area contributed by atoms with Crippen LogP contribution in [-0.4, -0.2) is 26.9 Å². The SMILES string of the molecule is O=C(Cn1cnc2sc3c(c2c1=O)CCC3)N1CCc2cc([N+](=O)[O-])ccc21. The van der Waals surface area contributed by atoms with Gasteiger partial charge in [-0.25, -0.2) is 4.98 Å². The second-order valence-corrected chi connectivity index (χ2v) is 8.16. The van der Waals surface area contributed by atoms with E-state index >= 15 is 0 Å². The van der Waals surface area contributed by atoms with Crippen molar-refractivity contribution in [3.63, 3.8) is 0 Å². The van der Waals surface area contributed by atoms with Crippen LogP contribution >= 0.6 is 11.3 Å². The number of aromatic nitrogens is 2. The molecule has 0 saturated carbocycles. The van der Waals surface area contributed by atoms with Crippen LogP contribution in [0.2, 0.25) is 0 Å². The lowest BCUT2D eigenvalue weighted by Crippen LogP contribution is -2.35. The molecule has 1 aliphatic carbocycles. The zero-order valence-corrected chi connectivity index (χ0v) is 15.7. The van der Waals surface area contributed by atoms with E-state index in [4.69, 9.17) is 0 Å². The molecule has 142 valence electrons. The largest absolute Gasteiger partial charge is 0.310 e. The Hall–Kier alpha value is -3.07. The van der Waals surface area contributed by atoms with Crippen LogP contribution in [0.25, 0.3) is 10.2 Å². The number of nitrogens with zero attached hydrogens (tertiary/aromatic N) is 4.